The molecule has 0 aromatic carbocycles. The fourth-order valence-corrected chi connectivity index (χ4v) is 2.34. The van der Waals surface area contributed by atoms with Gasteiger partial charge in [-0.3, -0.25) is 0 Å². The smallest absolute Gasteiger partial charge is 0.231 e. The van der Waals surface area contributed by atoms with Crippen molar-refractivity contribution in [3.05, 3.63) is 11.7 Å². The molecule has 0 spiro atoms. The Morgan fingerprint density at radius 2 is 2.41 bits per heavy atom. The summed E-state index contributed by atoms with van der Waals surface area (Å²) in [7, 11) is 1.69. The molecule has 1 aliphatic heterocycles. The van der Waals surface area contributed by atoms with Crippen LogP contribution in [0.15, 0.2) is 4.52 Å². The standard InChI is InChI=1S/C12H21N3O2/c1-4-5-10(16-3)11-14-12(17-15-11)9-6-7-13-8(9)2/h8-10,13H,4-7H2,1-3H3. The Bertz CT molecular complexity index is 353. The van der Waals surface area contributed by atoms with Gasteiger partial charge in [-0.25, -0.2) is 0 Å². The van der Waals surface area contributed by atoms with Crippen LogP contribution in [0, 0.1) is 0 Å². The van der Waals surface area contributed by atoms with Crippen LogP contribution in [0.1, 0.15) is 56.8 Å². The lowest BCUT2D eigenvalue weighted by molar-refractivity contribution is 0.0854. The number of ether oxygens (including phenoxy) is 1. The zero-order valence-electron chi connectivity index (χ0n) is 10.8. The maximum atomic E-state index is 5.38. The van der Waals surface area contributed by atoms with Gasteiger partial charge in [-0.1, -0.05) is 18.5 Å². The maximum Gasteiger partial charge on any atom is 0.231 e. The van der Waals surface area contributed by atoms with Crippen molar-refractivity contribution in [2.24, 2.45) is 0 Å². The molecular weight excluding hydrogens is 218 g/mol. The van der Waals surface area contributed by atoms with Crippen molar-refractivity contribution in [2.45, 2.75) is 51.2 Å². The largest absolute Gasteiger partial charge is 0.373 e. The van der Waals surface area contributed by atoms with Crippen molar-refractivity contribution in [1.29, 1.82) is 0 Å². The maximum absolute atomic E-state index is 5.38. The highest BCUT2D eigenvalue weighted by atomic mass is 16.5. The number of aromatic nitrogens is 2. The van der Waals surface area contributed by atoms with Gasteiger partial charge in [-0.2, -0.15) is 4.98 Å². The predicted molar refractivity (Wildman–Crippen MR) is 63.8 cm³/mol. The first-order chi connectivity index (χ1) is 8.26. The molecule has 5 heteroatoms. The summed E-state index contributed by atoms with van der Waals surface area (Å²) in [5.74, 6) is 1.77. The minimum Gasteiger partial charge on any atom is -0.373 e. The quantitative estimate of drug-likeness (QED) is 0.851. The monoisotopic (exact) mass is 239 g/mol. The SMILES string of the molecule is CCCC(OC)c1noc(C2CCNC2C)n1. The highest BCUT2D eigenvalue weighted by Crippen LogP contribution is 2.28. The molecule has 3 atom stereocenters. The predicted octanol–water partition coefficient (Wildman–Crippen LogP) is 2.02. The highest BCUT2D eigenvalue weighted by molar-refractivity contribution is 5.03. The molecule has 1 fully saturated rings. The molecule has 0 aliphatic carbocycles. The van der Waals surface area contributed by atoms with Gasteiger partial charge >= 0.3 is 0 Å². The first-order valence-electron chi connectivity index (χ1n) is 6.36. The molecular formula is C12H21N3O2. The second kappa shape index (κ2) is 5.60. The van der Waals surface area contributed by atoms with E-state index in [2.05, 4.69) is 29.3 Å². The Labute approximate surface area is 102 Å². The number of hydrogen-bond acceptors (Lipinski definition) is 5. The average Bonchev–Trinajstić information content (AvgIpc) is 2.94. The van der Waals surface area contributed by atoms with Gasteiger partial charge in [-0.05, 0) is 26.3 Å². The molecule has 1 aromatic heterocycles. The Morgan fingerprint density at radius 3 is 3.00 bits per heavy atom. The topological polar surface area (TPSA) is 60.2 Å². The lowest BCUT2D eigenvalue weighted by atomic mass is 10.0. The number of hydrogen-bond donors (Lipinski definition) is 1. The molecule has 0 bridgehead atoms. The van der Waals surface area contributed by atoms with Gasteiger partial charge in [0, 0.05) is 13.2 Å². The lowest BCUT2D eigenvalue weighted by Crippen LogP contribution is -2.21. The van der Waals surface area contributed by atoms with Crippen molar-refractivity contribution < 1.29 is 9.26 Å². The zero-order valence-corrected chi connectivity index (χ0v) is 10.8. The molecule has 1 saturated heterocycles. The molecule has 0 amide bonds. The van der Waals surface area contributed by atoms with Gasteiger partial charge in [0.25, 0.3) is 0 Å². The van der Waals surface area contributed by atoms with Crippen LogP contribution in [0.4, 0.5) is 0 Å². The molecule has 1 aliphatic rings. The third-order valence-electron chi connectivity index (χ3n) is 3.42. The summed E-state index contributed by atoms with van der Waals surface area (Å²) in [6.45, 7) is 5.30. The van der Waals surface area contributed by atoms with Crippen LogP contribution >= 0.6 is 0 Å². The van der Waals surface area contributed by atoms with Crippen molar-refractivity contribution in [1.82, 2.24) is 15.5 Å². The van der Waals surface area contributed by atoms with Crippen LogP contribution < -0.4 is 5.32 Å². The van der Waals surface area contributed by atoms with E-state index in [4.69, 9.17) is 9.26 Å². The van der Waals surface area contributed by atoms with Gasteiger partial charge in [-0.15, -0.1) is 0 Å². The zero-order chi connectivity index (χ0) is 12.3. The number of methoxy groups -OCH3 is 1. The fourth-order valence-electron chi connectivity index (χ4n) is 2.34. The summed E-state index contributed by atoms with van der Waals surface area (Å²) in [6.07, 6.45) is 2.99. The van der Waals surface area contributed by atoms with E-state index >= 15 is 0 Å². The molecule has 0 radical (unpaired) electrons. The Hall–Kier alpha value is -0.940. The lowest BCUT2D eigenvalue weighted by Gasteiger charge is -2.10. The fraction of sp³-hybridized carbons (Fsp3) is 0.833. The van der Waals surface area contributed by atoms with E-state index in [-0.39, 0.29) is 6.10 Å². The molecule has 17 heavy (non-hydrogen) atoms. The van der Waals surface area contributed by atoms with Crippen LogP contribution in [0.25, 0.3) is 0 Å². The Kier molecular flexibility index (Phi) is 4.12. The summed E-state index contributed by atoms with van der Waals surface area (Å²) < 4.78 is 10.7. The molecule has 96 valence electrons. The first kappa shape index (κ1) is 12.5. The van der Waals surface area contributed by atoms with Crippen molar-refractivity contribution >= 4 is 0 Å². The molecule has 2 rings (SSSR count). The normalized spacial score (nSPS) is 26.3. The third-order valence-corrected chi connectivity index (χ3v) is 3.42. The Morgan fingerprint density at radius 1 is 1.59 bits per heavy atom. The molecule has 0 saturated carbocycles. The summed E-state index contributed by atoms with van der Waals surface area (Å²) >= 11 is 0. The van der Waals surface area contributed by atoms with E-state index in [0.29, 0.717) is 17.8 Å². The van der Waals surface area contributed by atoms with Gasteiger partial charge in [0.1, 0.15) is 6.10 Å². The van der Waals surface area contributed by atoms with Crippen LogP contribution in [0.5, 0.6) is 0 Å². The van der Waals surface area contributed by atoms with E-state index in [1.165, 1.54) is 0 Å². The van der Waals surface area contributed by atoms with E-state index in [0.717, 1.165) is 31.7 Å². The number of nitrogens with zero attached hydrogens (tertiary/aromatic N) is 2. The number of nitrogens with one attached hydrogen (secondary N) is 1. The molecule has 1 aromatic rings. The minimum atomic E-state index is -0.0397. The Balaban J connectivity index is 2.09. The van der Waals surface area contributed by atoms with Crippen molar-refractivity contribution in [3.8, 4) is 0 Å². The van der Waals surface area contributed by atoms with Gasteiger partial charge in [0.15, 0.2) is 0 Å². The summed E-state index contributed by atoms with van der Waals surface area (Å²) in [5.41, 5.74) is 0. The van der Waals surface area contributed by atoms with Crippen LogP contribution in [0.2, 0.25) is 0 Å². The van der Waals surface area contributed by atoms with E-state index in [1.54, 1.807) is 7.11 Å². The van der Waals surface area contributed by atoms with E-state index < -0.39 is 0 Å². The van der Waals surface area contributed by atoms with Gasteiger partial charge < -0.3 is 14.6 Å². The first-order valence-corrected chi connectivity index (χ1v) is 6.36. The highest BCUT2D eigenvalue weighted by Gasteiger charge is 2.30. The van der Waals surface area contributed by atoms with E-state index in [1.807, 2.05) is 0 Å². The van der Waals surface area contributed by atoms with Crippen LogP contribution in [-0.2, 0) is 4.74 Å². The second-order valence-electron chi connectivity index (χ2n) is 4.64. The van der Waals surface area contributed by atoms with Gasteiger partial charge in [0.05, 0.1) is 5.92 Å². The molecule has 2 heterocycles. The van der Waals surface area contributed by atoms with Gasteiger partial charge in [0.2, 0.25) is 11.7 Å². The summed E-state index contributed by atoms with van der Waals surface area (Å²) in [5, 5.41) is 7.43. The van der Waals surface area contributed by atoms with Crippen LogP contribution in [0.3, 0.4) is 0 Å². The van der Waals surface area contributed by atoms with Crippen molar-refractivity contribution in [2.75, 3.05) is 13.7 Å². The number of rotatable bonds is 5. The molecule has 3 unspecified atom stereocenters. The van der Waals surface area contributed by atoms with Crippen molar-refractivity contribution in [3.63, 3.8) is 0 Å². The molecule has 1 N–H and O–H groups in total. The summed E-state index contributed by atoms with van der Waals surface area (Å²) in [6, 6.07) is 0.412. The van der Waals surface area contributed by atoms with Crippen LogP contribution in [-0.4, -0.2) is 29.8 Å². The molecule has 5 nitrogen and oxygen atoms in total. The average molecular weight is 239 g/mol. The minimum absolute atomic E-state index is 0.0397. The van der Waals surface area contributed by atoms with E-state index in [9.17, 15) is 0 Å². The third kappa shape index (κ3) is 2.66. The second-order valence-corrected chi connectivity index (χ2v) is 4.64. The summed E-state index contributed by atoms with van der Waals surface area (Å²) in [4.78, 5) is 4.49.